The van der Waals surface area contributed by atoms with Crippen LogP contribution in [0.25, 0.3) is 0 Å². The average molecular weight is 268 g/mol. The second kappa shape index (κ2) is 5.48. The van der Waals surface area contributed by atoms with Crippen molar-refractivity contribution < 1.29 is 14.0 Å². The van der Waals surface area contributed by atoms with Gasteiger partial charge >= 0.3 is 0 Å². The number of nitrogens with zero attached hydrogens (tertiary/aromatic N) is 1. The molecule has 0 aliphatic carbocycles. The van der Waals surface area contributed by atoms with Crippen LogP contribution in [0.15, 0.2) is 22.8 Å². The van der Waals surface area contributed by atoms with E-state index < -0.39 is 0 Å². The van der Waals surface area contributed by atoms with Gasteiger partial charge in [-0.1, -0.05) is 0 Å². The number of nitrogens with one attached hydrogen (secondary N) is 1. The Hall–Kier alpha value is -1.43. The minimum absolute atomic E-state index is 0.0207. The van der Waals surface area contributed by atoms with Crippen molar-refractivity contribution in [2.24, 2.45) is 0 Å². The van der Waals surface area contributed by atoms with Gasteiger partial charge in [0.25, 0.3) is 0 Å². The Morgan fingerprint density at radius 2 is 2.39 bits per heavy atom. The van der Waals surface area contributed by atoms with E-state index in [1.807, 2.05) is 19.9 Å². The molecule has 2 heterocycles. The minimum atomic E-state index is -0.204. The average Bonchev–Trinajstić information content (AvgIpc) is 2.93. The van der Waals surface area contributed by atoms with Crippen molar-refractivity contribution in [3.05, 3.63) is 24.2 Å². The highest BCUT2D eigenvalue weighted by Crippen LogP contribution is 2.42. The third-order valence-corrected chi connectivity index (χ3v) is 4.08. The zero-order chi connectivity index (χ0) is 13.1. The van der Waals surface area contributed by atoms with E-state index in [0.29, 0.717) is 12.3 Å². The maximum Gasteiger partial charge on any atom is 0.239 e. The summed E-state index contributed by atoms with van der Waals surface area (Å²) in [6.45, 7) is 4.34. The molecule has 18 heavy (non-hydrogen) atoms. The highest BCUT2D eigenvalue weighted by atomic mass is 32.2. The van der Waals surface area contributed by atoms with Crippen molar-refractivity contribution in [3.63, 3.8) is 0 Å². The summed E-state index contributed by atoms with van der Waals surface area (Å²) in [6, 6.07) is 3.61. The van der Waals surface area contributed by atoms with Crippen LogP contribution in [0.5, 0.6) is 0 Å². The van der Waals surface area contributed by atoms with Gasteiger partial charge in [0.2, 0.25) is 11.8 Å². The number of thioether (sulfide) groups is 1. The van der Waals surface area contributed by atoms with E-state index in [1.165, 1.54) is 11.8 Å². The molecule has 1 aliphatic heterocycles. The van der Waals surface area contributed by atoms with Crippen molar-refractivity contribution >= 4 is 23.6 Å². The second-order valence-electron chi connectivity index (χ2n) is 4.07. The molecule has 2 rings (SSSR count). The summed E-state index contributed by atoms with van der Waals surface area (Å²) in [4.78, 5) is 25.2. The van der Waals surface area contributed by atoms with Crippen molar-refractivity contribution in [1.82, 2.24) is 10.2 Å². The third kappa shape index (κ3) is 2.53. The predicted octanol–water partition coefficient (Wildman–Crippen LogP) is 1.38. The first-order valence-corrected chi connectivity index (χ1v) is 6.83. The van der Waals surface area contributed by atoms with Crippen LogP contribution >= 0.6 is 11.8 Å². The first-order chi connectivity index (χ1) is 8.63. The lowest BCUT2D eigenvalue weighted by atomic mass is 10.3. The van der Waals surface area contributed by atoms with Gasteiger partial charge in [-0.15, -0.1) is 11.8 Å². The highest BCUT2D eigenvalue weighted by molar-refractivity contribution is 8.01. The molecular weight excluding hydrogens is 252 g/mol. The molecule has 0 spiro atoms. The number of carbonyl (C=O) groups is 2. The molecule has 2 atom stereocenters. The zero-order valence-electron chi connectivity index (χ0n) is 10.4. The van der Waals surface area contributed by atoms with E-state index in [2.05, 4.69) is 5.32 Å². The first kappa shape index (κ1) is 13.0. The minimum Gasteiger partial charge on any atom is -0.466 e. The lowest BCUT2D eigenvalue weighted by Crippen LogP contribution is -2.40. The Labute approximate surface area is 110 Å². The molecule has 6 heteroatoms. The normalized spacial score (nSPS) is 23.4. The summed E-state index contributed by atoms with van der Waals surface area (Å²) in [7, 11) is 0. The quantitative estimate of drug-likeness (QED) is 0.896. The standard InChI is InChI=1S/C12H16N2O3S/c1-3-13-10(15)7-14-11(16)8(2)18-12(14)9-5-4-6-17-9/h4-6,8,12H,3,7H2,1-2H3,(H,13,15)/t8-,12-/m1/s1. The molecule has 98 valence electrons. The summed E-state index contributed by atoms with van der Waals surface area (Å²) in [5.41, 5.74) is 0. The molecule has 0 aromatic carbocycles. The molecule has 0 saturated carbocycles. The molecule has 0 unspecified atom stereocenters. The van der Waals surface area contributed by atoms with Gasteiger partial charge in [-0.2, -0.15) is 0 Å². The molecule has 1 aliphatic rings. The van der Waals surface area contributed by atoms with Gasteiger partial charge in [0.1, 0.15) is 17.7 Å². The number of carbonyl (C=O) groups excluding carboxylic acids is 2. The Morgan fingerprint density at radius 3 is 3.00 bits per heavy atom. The number of hydrogen-bond acceptors (Lipinski definition) is 4. The molecule has 0 bridgehead atoms. The van der Waals surface area contributed by atoms with Crippen molar-refractivity contribution in [2.75, 3.05) is 13.1 Å². The van der Waals surface area contributed by atoms with Crippen LogP contribution in [0.3, 0.4) is 0 Å². The maximum atomic E-state index is 12.0. The summed E-state index contributed by atoms with van der Waals surface area (Å²) in [5.74, 6) is 0.548. The van der Waals surface area contributed by atoms with Gasteiger partial charge in [0.05, 0.1) is 11.5 Å². The lowest BCUT2D eigenvalue weighted by Gasteiger charge is -2.21. The Bertz CT molecular complexity index is 433. The molecule has 1 fully saturated rings. The smallest absolute Gasteiger partial charge is 0.239 e. The van der Waals surface area contributed by atoms with Gasteiger partial charge < -0.3 is 14.6 Å². The number of hydrogen-bond donors (Lipinski definition) is 1. The van der Waals surface area contributed by atoms with E-state index in [0.717, 1.165) is 0 Å². The summed E-state index contributed by atoms with van der Waals surface area (Å²) < 4.78 is 5.34. The van der Waals surface area contributed by atoms with Crippen molar-refractivity contribution in [1.29, 1.82) is 0 Å². The molecule has 1 aromatic rings. The monoisotopic (exact) mass is 268 g/mol. The fourth-order valence-corrected chi connectivity index (χ4v) is 3.13. The van der Waals surface area contributed by atoms with E-state index in [9.17, 15) is 9.59 Å². The fourth-order valence-electron chi connectivity index (χ4n) is 1.90. The first-order valence-electron chi connectivity index (χ1n) is 5.89. The molecule has 1 N–H and O–H groups in total. The van der Waals surface area contributed by atoms with Gasteiger partial charge in [-0.05, 0) is 26.0 Å². The topological polar surface area (TPSA) is 62.6 Å². The van der Waals surface area contributed by atoms with E-state index in [-0.39, 0.29) is 29.0 Å². The van der Waals surface area contributed by atoms with Crippen LogP contribution in [0.2, 0.25) is 0 Å². The van der Waals surface area contributed by atoms with E-state index in [1.54, 1.807) is 17.2 Å². The number of amides is 2. The lowest BCUT2D eigenvalue weighted by molar-refractivity contribution is -0.135. The molecule has 0 radical (unpaired) electrons. The SMILES string of the molecule is CCNC(=O)CN1C(=O)[C@@H](C)S[C@@H]1c1ccco1. The van der Waals surface area contributed by atoms with Gasteiger partial charge in [0.15, 0.2) is 0 Å². The fraction of sp³-hybridized carbons (Fsp3) is 0.500. The van der Waals surface area contributed by atoms with Crippen LogP contribution in [0.4, 0.5) is 0 Å². The molecule has 5 nitrogen and oxygen atoms in total. The zero-order valence-corrected chi connectivity index (χ0v) is 11.2. The predicted molar refractivity (Wildman–Crippen MR) is 68.9 cm³/mol. The van der Waals surface area contributed by atoms with Crippen LogP contribution < -0.4 is 5.32 Å². The third-order valence-electron chi connectivity index (χ3n) is 2.72. The molecule has 1 aromatic heterocycles. The van der Waals surface area contributed by atoms with Crippen LogP contribution in [0, 0.1) is 0 Å². The van der Waals surface area contributed by atoms with Crippen LogP contribution in [-0.2, 0) is 9.59 Å². The summed E-state index contributed by atoms with van der Waals surface area (Å²) in [5, 5.41) is 2.35. The second-order valence-corrected chi connectivity index (χ2v) is 5.49. The molecular formula is C12H16N2O3S. The molecule has 1 saturated heterocycles. The Kier molecular flexibility index (Phi) is 3.96. The Morgan fingerprint density at radius 1 is 1.61 bits per heavy atom. The number of rotatable bonds is 4. The van der Waals surface area contributed by atoms with Crippen LogP contribution in [0.1, 0.15) is 25.0 Å². The summed E-state index contributed by atoms with van der Waals surface area (Å²) in [6.07, 6.45) is 1.58. The van der Waals surface area contributed by atoms with Gasteiger partial charge in [0, 0.05) is 6.54 Å². The maximum absolute atomic E-state index is 12.0. The summed E-state index contributed by atoms with van der Waals surface area (Å²) >= 11 is 1.50. The van der Waals surface area contributed by atoms with Crippen molar-refractivity contribution in [2.45, 2.75) is 24.5 Å². The number of furan rings is 1. The molecule has 2 amide bonds. The largest absolute Gasteiger partial charge is 0.466 e. The van der Waals surface area contributed by atoms with Crippen LogP contribution in [-0.4, -0.2) is 35.1 Å². The van der Waals surface area contributed by atoms with Crippen molar-refractivity contribution in [3.8, 4) is 0 Å². The van der Waals surface area contributed by atoms with Gasteiger partial charge in [-0.3, -0.25) is 9.59 Å². The van der Waals surface area contributed by atoms with Gasteiger partial charge in [-0.25, -0.2) is 0 Å². The Balaban J connectivity index is 2.13. The van der Waals surface area contributed by atoms with E-state index >= 15 is 0 Å². The highest BCUT2D eigenvalue weighted by Gasteiger charge is 2.40. The van der Waals surface area contributed by atoms with E-state index in [4.69, 9.17) is 4.42 Å². The number of likely N-dealkylation sites (N-methyl/N-ethyl adjacent to an activating group) is 1.